The Morgan fingerprint density at radius 2 is 2.07 bits per heavy atom. The number of methoxy groups -OCH3 is 1. The van der Waals surface area contributed by atoms with E-state index in [-0.39, 0.29) is 12.1 Å². The quantitative estimate of drug-likeness (QED) is 0.699. The van der Waals surface area contributed by atoms with E-state index >= 15 is 0 Å². The number of carbonyl (C=O) groups is 1. The van der Waals surface area contributed by atoms with Gasteiger partial charge in [0.2, 0.25) is 0 Å². The predicted molar refractivity (Wildman–Crippen MR) is 108 cm³/mol. The summed E-state index contributed by atoms with van der Waals surface area (Å²) in [6.45, 7) is 3.18. The summed E-state index contributed by atoms with van der Waals surface area (Å²) < 4.78 is 5.28. The molecule has 3 aromatic rings. The SMILES string of the molecule is CCNC(=O)N1CCc2c([nH]c3ccc(Cl)cc23)C1c1ccc(OC)cc1. The van der Waals surface area contributed by atoms with Crippen molar-refractivity contribution < 1.29 is 9.53 Å². The molecule has 1 aliphatic rings. The number of nitrogens with one attached hydrogen (secondary N) is 2. The van der Waals surface area contributed by atoms with Crippen LogP contribution in [0.1, 0.15) is 29.8 Å². The number of ether oxygens (including phenoxy) is 1. The van der Waals surface area contributed by atoms with Gasteiger partial charge in [0, 0.05) is 34.7 Å². The highest BCUT2D eigenvalue weighted by Crippen LogP contribution is 2.39. The number of rotatable bonds is 3. The zero-order chi connectivity index (χ0) is 19.0. The number of aromatic amines is 1. The van der Waals surface area contributed by atoms with E-state index in [1.54, 1.807) is 7.11 Å². The Bertz CT molecular complexity index is 981. The van der Waals surface area contributed by atoms with Crippen LogP contribution in [0.3, 0.4) is 0 Å². The summed E-state index contributed by atoms with van der Waals surface area (Å²) in [5.74, 6) is 0.794. The summed E-state index contributed by atoms with van der Waals surface area (Å²) in [5, 5.41) is 4.79. The maximum absolute atomic E-state index is 12.7. The molecule has 27 heavy (non-hydrogen) atoms. The van der Waals surface area contributed by atoms with E-state index in [1.807, 2.05) is 54.3 Å². The third-order valence-electron chi connectivity index (χ3n) is 5.11. The first-order valence-electron chi connectivity index (χ1n) is 9.10. The van der Waals surface area contributed by atoms with Crippen LogP contribution in [0.25, 0.3) is 10.9 Å². The average molecular weight is 384 g/mol. The van der Waals surface area contributed by atoms with Crippen LogP contribution in [0.2, 0.25) is 5.02 Å². The molecule has 1 aliphatic heterocycles. The summed E-state index contributed by atoms with van der Waals surface area (Å²) in [5.41, 5.74) is 4.37. The van der Waals surface area contributed by atoms with Crippen LogP contribution < -0.4 is 10.1 Å². The van der Waals surface area contributed by atoms with Gasteiger partial charge in [-0.05, 0) is 54.8 Å². The average Bonchev–Trinajstić information content (AvgIpc) is 3.05. The standard InChI is InChI=1S/C21H22ClN3O2/c1-3-23-21(26)25-11-10-16-17-12-14(22)6-9-18(17)24-19(16)20(25)13-4-7-15(27-2)8-5-13/h4-9,12,20,24H,3,10-11H2,1-2H3,(H,23,26). The smallest absolute Gasteiger partial charge is 0.318 e. The second-order valence-corrected chi connectivity index (χ2v) is 7.10. The molecule has 2 aromatic carbocycles. The van der Waals surface area contributed by atoms with Crippen molar-refractivity contribution in [2.45, 2.75) is 19.4 Å². The van der Waals surface area contributed by atoms with Gasteiger partial charge in [-0.2, -0.15) is 0 Å². The van der Waals surface area contributed by atoms with E-state index in [2.05, 4.69) is 10.3 Å². The Balaban J connectivity index is 1.86. The van der Waals surface area contributed by atoms with Crippen molar-refractivity contribution in [1.29, 1.82) is 0 Å². The second kappa shape index (κ2) is 7.16. The molecule has 0 fully saturated rings. The molecule has 2 N–H and O–H groups in total. The van der Waals surface area contributed by atoms with Gasteiger partial charge in [0.05, 0.1) is 13.2 Å². The minimum absolute atomic E-state index is 0.0549. The van der Waals surface area contributed by atoms with E-state index in [1.165, 1.54) is 5.56 Å². The zero-order valence-electron chi connectivity index (χ0n) is 15.4. The van der Waals surface area contributed by atoms with Gasteiger partial charge in [0.1, 0.15) is 5.75 Å². The van der Waals surface area contributed by atoms with Crippen LogP contribution in [0.5, 0.6) is 5.75 Å². The number of halogens is 1. The first kappa shape index (κ1) is 17.7. The highest BCUT2D eigenvalue weighted by molar-refractivity contribution is 6.31. The molecule has 1 unspecified atom stereocenters. The van der Waals surface area contributed by atoms with E-state index in [0.29, 0.717) is 13.1 Å². The van der Waals surface area contributed by atoms with Crippen molar-refractivity contribution in [2.75, 3.05) is 20.2 Å². The molecule has 0 radical (unpaired) electrons. The molecule has 2 amide bonds. The summed E-state index contributed by atoms with van der Waals surface area (Å²) >= 11 is 6.22. The summed E-state index contributed by atoms with van der Waals surface area (Å²) in [7, 11) is 1.65. The van der Waals surface area contributed by atoms with Crippen LogP contribution in [-0.4, -0.2) is 36.1 Å². The largest absolute Gasteiger partial charge is 0.497 e. The maximum Gasteiger partial charge on any atom is 0.318 e. The van der Waals surface area contributed by atoms with Crippen LogP contribution in [0.4, 0.5) is 4.79 Å². The molecule has 2 heterocycles. The van der Waals surface area contributed by atoms with Crippen LogP contribution in [0.15, 0.2) is 42.5 Å². The van der Waals surface area contributed by atoms with Crippen molar-refractivity contribution in [3.63, 3.8) is 0 Å². The lowest BCUT2D eigenvalue weighted by molar-refractivity contribution is 0.180. The number of hydrogen-bond donors (Lipinski definition) is 2. The second-order valence-electron chi connectivity index (χ2n) is 6.66. The summed E-state index contributed by atoms with van der Waals surface area (Å²) in [4.78, 5) is 18.2. The van der Waals surface area contributed by atoms with Gasteiger partial charge < -0.3 is 19.9 Å². The van der Waals surface area contributed by atoms with Crippen LogP contribution >= 0.6 is 11.6 Å². The molecule has 6 heteroatoms. The number of carbonyl (C=O) groups excluding carboxylic acids is 1. The number of H-pyrrole nitrogens is 1. The topological polar surface area (TPSA) is 57.4 Å². The predicted octanol–water partition coefficient (Wildman–Crippen LogP) is 4.51. The highest BCUT2D eigenvalue weighted by atomic mass is 35.5. The first-order valence-corrected chi connectivity index (χ1v) is 9.48. The lowest BCUT2D eigenvalue weighted by Gasteiger charge is -2.36. The van der Waals surface area contributed by atoms with Crippen LogP contribution in [0, 0.1) is 0 Å². The minimum atomic E-state index is -0.183. The molecule has 0 aliphatic carbocycles. The Morgan fingerprint density at radius 3 is 2.78 bits per heavy atom. The molecular formula is C21H22ClN3O2. The van der Waals surface area contributed by atoms with E-state index in [0.717, 1.165) is 39.4 Å². The van der Waals surface area contributed by atoms with Gasteiger partial charge in [-0.1, -0.05) is 23.7 Å². The molecule has 1 aromatic heterocycles. The molecule has 140 valence electrons. The molecule has 4 rings (SSSR count). The monoisotopic (exact) mass is 383 g/mol. The van der Waals surface area contributed by atoms with E-state index in [9.17, 15) is 4.79 Å². The fourth-order valence-electron chi connectivity index (χ4n) is 3.87. The Morgan fingerprint density at radius 1 is 1.30 bits per heavy atom. The van der Waals surface area contributed by atoms with Crippen LogP contribution in [-0.2, 0) is 6.42 Å². The third-order valence-corrected chi connectivity index (χ3v) is 5.34. The van der Waals surface area contributed by atoms with Gasteiger partial charge in [-0.25, -0.2) is 4.79 Å². The lowest BCUT2D eigenvalue weighted by Crippen LogP contribution is -2.46. The van der Waals surface area contributed by atoms with Crippen molar-refractivity contribution in [3.05, 3.63) is 64.3 Å². The molecule has 1 atom stereocenters. The molecule has 0 saturated carbocycles. The van der Waals surface area contributed by atoms with Crippen molar-refractivity contribution >= 4 is 28.5 Å². The highest BCUT2D eigenvalue weighted by Gasteiger charge is 2.34. The molecule has 0 saturated heterocycles. The van der Waals surface area contributed by atoms with Gasteiger partial charge in [-0.15, -0.1) is 0 Å². The van der Waals surface area contributed by atoms with Gasteiger partial charge >= 0.3 is 6.03 Å². The zero-order valence-corrected chi connectivity index (χ0v) is 16.1. The van der Waals surface area contributed by atoms with Gasteiger partial charge in [-0.3, -0.25) is 0 Å². The summed E-state index contributed by atoms with van der Waals surface area (Å²) in [6.07, 6.45) is 0.791. The normalized spacial score (nSPS) is 16.3. The number of amides is 2. The fraction of sp³-hybridized carbons (Fsp3) is 0.286. The van der Waals surface area contributed by atoms with E-state index < -0.39 is 0 Å². The molecule has 0 spiro atoms. The van der Waals surface area contributed by atoms with E-state index in [4.69, 9.17) is 16.3 Å². The molecule has 5 nitrogen and oxygen atoms in total. The fourth-order valence-corrected chi connectivity index (χ4v) is 4.04. The first-order chi connectivity index (χ1) is 13.1. The Labute approximate surface area is 163 Å². The minimum Gasteiger partial charge on any atom is -0.497 e. The lowest BCUT2D eigenvalue weighted by atomic mass is 9.92. The van der Waals surface area contributed by atoms with Gasteiger partial charge in [0.15, 0.2) is 0 Å². The van der Waals surface area contributed by atoms with Crippen molar-refractivity contribution in [2.24, 2.45) is 0 Å². The van der Waals surface area contributed by atoms with Crippen molar-refractivity contribution in [3.8, 4) is 5.75 Å². The molecular weight excluding hydrogens is 362 g/mol. The Kier molecular flexibility index (Phi) is 4.70. The third kappa shape index (κ3) is 3.12. The number of nitrogens with zero attached hydrogens (tertiary/aromatic N) is 1. The number of fused-ring (bicyclic) bond motifs is 3. The summed E-state index contributed by atoms with van der Waals surface area (Å²) in [6, 6.07) is 13.5. The number of aromatic nitrogens is 1. The number of urea groups is 1. The maximum atomic E-state index is 12.7. The van der Waals surface area contributed by atoms with Gasteiger partial charge in [0.25, 0.3) is 0 Å². The number of benzene rings is 2. The number of hydrogen-bond acceptors (Lipinski definition) is 2. The Hall–Kier alpha value is -2.66. The van der Waals surface area contributed by atoms with Crippen molar-refractivity contribution in [1.82, 2.24) is 15.2 Å². The molecule has 0 bridgehead atoms.